The van der Waals surface area contributed by atoms with Crippen molar-refractivity contribution in [3.63, 3.8) is 0 Å². The molecule has 1 aromatic carbocycles. The van der Waals surface area contributed by atoms with E-state index in [0.29, 0.717) is 12.8 Å². The number of carbonyl (C=O) groups is 3. The van der Waals surface area contributed by atoms with Gasteiger partial charge in [-0.1, -0.05) is 50.3 Å². The van der Waals surface area contributed by atoms with Crippen LogP contribution in [0.2, 0.25) is 0 Å². The zero-order valence-electron chi connectivity index (χ0n) is 19.1. The summed E-state index contributed by atoms with van der Waals surface area (Å²) in [5.41, 5.74) is 2.56. The molecular formula is C25H36N2O5. The molecule has 7 nitrogen and oxygen atoms in total. The van der Waals surface area contributed by atoms with E-state index in [-0.39, 0.29) is 18.4 Å². The summed E-state index contributed by atoms with van der Waals surface area (Å²) < 4.78 is 5.69. The Morgan fingerprint density at radius 1 is 1.12 bits per heavy atom. The van der Waals surface area contributed by atoms with Crippen molar-refractivity contribution in [1.29, 1.82) is 0 Å². The average Bonchev–Trinajstić information content (AvgIpc) is 3.28. The van der Waals surface area contributed by atoms with Crippen molar-refractivity contribution in [3.05, 3.63) is 48.6 Å². The largest absolute Gasteiger partial charge is 0.461 e. The van der Waals surface area contributed by atoms with Gasteiger partial charge in [-0.2, -0.15) is 0 Å². The summed E-state index contributed by atoms with van der Waals surface area (Å²) in [5.74, 6) is -2.88. The van der Waals surface area contributed by atoms with Crippen LogP contribution in [0.5, 0.6) is 0 Å². The minimum absolute atomic E-state index is 0.113. The maximum atomic E-state index is 13.3. The second-order valence-electron chi connectivity index (χ2n) is 8.94. The van der Waals surface area contributed by atoms with E-state index >= 15 is 0 Å². The topological polar surface area (TPSA) is 105 Å². The van der Waals surface area contributed by atoms with E-state index in [1.54, 1.807) is 11.6 Å². The molecule has 1 fully saturated rings. The van der Waals surface area contributed by atoms with E-state index in [9.17, 15) is 19.6 Å². The highest BCUT2D eigenvalue weighted by molar-refractivity contribution is 5.90. The molecule has 1 aliphatic rings. The van der Waals surface area contributed by atoms with Gasteiger partial charge < -0.3 is 10.1 Å². The average molecular weight is 445 g/mol. The van der Waals surface area contributed by atoms with E-state index in [2.05, 4.69) is 11.9 Å². The molecule has 0 aromatic heterocycles. The van der Waals surface area contributed by atoms with Gasteiger partial charge in [0.15, 0.2) is 0 Å². The van der Waals surface area contributed by atoms with Gasteiger partial charge in [-0.05, 0) is 50.0 Å². The Morgan fingerprint density at radius 2 is 1.78 bits per heavy atom. The molecule has 0 spiro atoms. The van der Waals surface area contributed by atoms with Crippen LogP contribution in [0.15, 0.2) is 43.0 Å². The standard InChI is InChI=1S/C25H36N2O5/c1-4-10-20(24(29)27-31)21(15-17(2)3)23(28)26-22(16-18-11-6-5-7-12-18)25(30)32-19-13-8-9-14-19/h4-7,11-12,17,19-22,31H,1,8-10,13-16H2,2-3H3,(H,26,28)(H,27,29). The smallest absolute Gasteiger partial charge is 0.329 e. The minimum atomic E-state index is -0.860. The number of hydrogen-bond donors (Lipinski definition) is 3. The molecule has 0 saturated heterocycles. The van der Waals surface area contributed by atoms with Crippen molar-refractivity contribution in [2.24, 2.45) is 17.8 Å². The molecule has 1 aliphatic carbocycles. The Labute approximate surface area is 190 Å². The van der Waals surface area contributed by atoms with Crippen molar-refractivity contribution in [3.8, 4) is 0 Å². The lowest BCUT2D eigenvalue weighted by Crippen LogP contribution is -2.49. The first kappa shape index (κ1) is 25.6. The van der Waals surface area contributed by atoms with E-state index in [1.165, 1.54) is 0 Å². The molecule has 3 unspecified atom stereocenters. The Balaban J connectivity index is 2.23. The zero-order valence-corrected chi connectivity index (χ0v) is 19.1. The van der Waals surface area contributed by atoms with Crippen molar-refractivity contribution in [2.75, 3.05) is 0 Å². The van der Waals surface area contributed by atoms with Crippen LogP contribution in [0.4, 0.5) is 0 Å². The van der Waals surface area contributed by atoms with Crippen LogP contribution in [-0.4, -0.2) is 35.1 Å². The molecule has 176 valence electrons. The number of esters is 1. The van der Waals surface area contributed by atoms with Gasteiger partial charge in [-0.25, -0.2) is 10.3 Å². The second-order valence-corrected chi connectivity index (χ2v) is 8.94. The molecular weight excluding hydrogens is 408 g/mol. The molecule has 3 atom stereocenters. The number of hydroxylamine groups is 1. The third-order valence-corrected chi connectivity index (χ3v) is 5.88. The van der Waals surface area contributed by atoms with Gasteiger partial charge in [0.1, 0.15) is 12.1 Å². The molecule has 1 aromatic rings. The van der Waals surface area contributed by atoms with Crippen LogP contribution in [-0.2, 0) is 25.5 Å². The van der Waals surface area contributed by atoms with Crippen LogP contribution in [0.3, 0.4) is 0 Å². The fourth-order valence-electron chi connectivity index (χ4n) is 4.25. The summed E-state index contributed by atoms with van der Waals surface area (Å²) in [6, 6.07) is 8.58. The van der Waals surface area contributed by atoms with Crippen molar-refractivity contribution in [1.82, 2.24) is 10.8 Å². The molecule has 0 radical (unpaired) electrons. The van der Waals surface area contributed by atoms with Gasteiger partial charge in [0.25, 0.3) is 0 Å². The molecule has 0 aliphatic heterocycles. The molecule has 0 heterocycles. The summed E-state index contributed by atoms with van der Waals surface area (Å²) in [4.78, 5) is 38.6. The predicted octanol–water partition coefficient (Wildman–Crippen LogP) is 3.56. The van der Waals surface area contributed by atoms with Crippen LogP contribution >= 0.6 is 0 Å². The first-order valence-electron chi connectivity index (χ1n) is 11.4. The van der Waals surface area contributed by atoms with Crippen molar-refractivity contribution in [2.45, 2.75) is 70.9 Å². The number of carbonyl (C=O) groups excluding carboxylic acids is 3. The summed E-state index contributed by atoms with van der Waals surface area (Å²) in [5, 5.41) is 12.0. The third kappa shape index (κ3) is 7.79. The van der Waals surface area contributed by atoms with Gasteiger partial charge in [0, 0.05) is 6.42 Å². The number of hydrogen-bond acceptors (Lipinski definition) is 5. The van der Waals surface area contributed by atoms with E-state index in [4.69, 9.17) is 4.74 Å². The number of nitrogens with one attached hydrogen (secondary N) is 2. The first-order chi connectivity index (χ1) is 15.3. The molecule has 7 heteroatoms. The number of rotatable bonds is 12. The Hall–Kier alpha value is -2.67. The SMILES string of the molecule is C=CCC(C(=O)NO)C(CC(C)C)C(=O)NC(Cc1ccccc1)C(=O)OC1CCCC1. The Bertz CT molecular complexity index is 759. The van der Waals surface area contributed by atoms with Gasteiger partial charge in [0.2, 0.25) is 11.8 Å². The van der Waals surface area contributed by atoms with Gasteiger partial charge >= 0.3 is 5.97 Å². The minimum Gasteiger partial charge on any atom is -0.461 e. The fraction of sp³-hybridized carbons (Fsp3) is 0.560. The van der Waals surface area contributed by atoms with Crippen LogP contribution < -0.4 is 10.8 Å². The lowest BCUT2D eigenvalue weighted by molar-refractivity contribution is -0.153. The maximum absolute atomic E-state index is 13.3. The van der Waals surface area contributed by atoms with Crippen LogP contribution in [0.25, 0.3) is 0 Å². The number of benzene rings is 1. The van der Waals surface area contributed by atoms with Crippen LogP contribution in [0, 0.1) is 17.8 Å². The Kier molecular flexibility index (Phi) is 10.4. The third-order valence-electron chi connectivity index (χ3n) is 5.88. The fourth-order valence-corrected chi connectivity index (χ4v) is 4.25. The monoisotopic (exact) mass is 444 g/mol. The molecule has 2 amide bonds. The van der Waals surface area contributed by atoms with E-state index in [1.807, 2.05) is 44.2 Å². The van der Waals surface area contributed by atoms with Crippen molar-refractivity contribution < 1.29 is 24.3 Å². The highest BCUT2D eigenvalue weighted by Gasteiger charge is 2.36. The normalized spacial score (nSPS) is 16.8. The Morgan fingerprint density at radius 3 is 2.34 bits per heavy atom. The highest BCUT2D eigenvalue weighted by atomic mass is 16.5. The number of ether oxygens (including phenoxy) is 1. The molecule has 3 N–H and O–H groups in total. The first-order valence-corrected chi connectivity index (χ1v) is 11.4. The lowest BCUT2D eigenvalue weighted by Gasteiger charge is -2.28. The molecule has 2 rings (SSSR count). The maximum Gasteiger partial charge on any atom is 0.329 e. The van der Waals surface area contributed by atoms with E-state index < -0.39 is 35.7 Å². The summed E-state index contributed by atoms with van der Waals surface area (Å²) in [6.45, 7) is 7.59. The zero-order chi connectivity index (χ0) is 23.5. The number of allylic oxidation sites excluding steroid dienone is 1. The number of amides is 2. The predicted molar refractivity (Wildman–Crippen MR) is 122 cm³/mol. The lowest BCUT2D eigenvalue weighted by atomic mass is 9.82. The molecule has 32 heavy (non-hydrogen) atoms. The van der Waals surface area contributed by atoms with Gasteiger partial charge in [-0.3, -0.25) is 14.8 Å². The van der Waals surface area contributed by atoms with Crippen LogP contribution in [0.1, 0.15) is 57.9 Å². The molecule has 0 bridgehead atoms. The summed E-state index contributed by atoms with van der Waals surface area (Å²) in [6.07, 6.45) is 6.13. The molecule has 1 saturated carbocycles. The van der Waals surface area contributed by atoms with E-state index in [0.717, 1.165) is 31.2 Å². The van der Waals surface area contributed by atoms with Gasteiger partial charge in [-0.15, -0.1) is 6.58 Å². The quantitative estimate of drug-likeness (QED) is 0.198. The van der Waals surface area contributed by atoms with Gasteiger partial charge in [0.05, 0.1) is 11.8 Å². The second kappa shape index (κ2) is 13.0. The summed E-state index contributed by atoms with van der Waals surface area (Å²) >= 11 is 0. The highest BCUT2D eigenvalue weighted by Crippen LogP contribution is 2.26. The summed E-state index contributed by atoms with van der Waals surface area (Å²) in [7, 11) is 0. The van der Waals surface area contributed by atoms with Crippen molar-refractivity contribution >= 4 is 17.8 Å².